The number of rotatable bonds is 3. The molecule has 2 N–H and O–H groups in total. The second kappa shape index (κ2) is 5.57. The van der Waals surface area contributed by atoms with Crippen LogP contribution >= 0.6 is 0 Å². The summed E-state index contributed by atoms with van der Waals surface area (Å²) >= 11 is 0. The molecule has 0 aliphatic rings. The van der Waals surface area contributed by atoms with E-state index in [1.807, 2.05) is 20.8 Å². The molecule has 2 aromatic rings. The van der Waals surface area contributed by atoms with E-state index < -0.39 is 5.54 Å². The lowest BCUT2D eigenvalue weighted by atomic mass is 10.1. The van der Waals surface area contributed by atoms with Gasteiger partial charge in [0.15, 0.2) is 0 Å². The normalized spacial score (nSPS) is 11.3. The Morgan fingerprint density at radius 2 is 1.90 bits per heavy atom. The lowest BCUT2D eigenvalue weighted by molar-refractivity contribution is 0.102. The summed E-state index contributed by atoms with van der Waals surface area (Å²) in [6.45, 7) is 5.69. The van der Waals surface area contributed by atoms with E-state index in [1.165, 1.54) is 5.06 Å². The molecule has 0 saturated heterocycles. The van der Waals surface area contributed by atoms with Crippen molar-refractivity contribution in [3.05, 3.63) is 42.2 Å². The van der Waals surface area contributed by atoms with Crippen LogP contribution in [-0.4, -0.2) is 26.2 Å². The van der Waals surface area contributed by atoms with Gasteiger partial charge in [-0.1, -0.05) is 0 Å². The van der Waals surface area contributed by atoms with Crippen molar-refractivity contribution >= 4 is 17.5 Å². The van der Waals surface area contributed by atoms with Gasteiger partial charge in [-0.05, 0) is 45.0 Å². The van der Waals surface area contributed by atoms with E-state index in [1.54, 1.807) is 48.3 Å². The van der Waals surface area contributed by atoms with E-state index >= 15 is 0 Å². The largest absolute Gasteiger partial charge is 0.320 e. The van der Waals surface area contributed by atoms with Crippen molar-refractivity contribution < 1.29 is 10.0 Å². The van der Waals surface area contributed by atoms with E-state index in [-0.39, 0.29) is 5.91 Å². The zero-order valence-corrected chi connectivity index (χ0v) is 12.7. The van der Waals surface area contributed by atoms with E-state index in [0.717, 1.165) is 0 Å². The van der Waals surface area contributed by atoms with Crippen molar-refractivity contribution in [2.45, 2.75) is 26.3 Å². The third kappa shape index (κ3) is 3.41. The van der Waals surface area contributed by atoms with Crippen LogP contribution in [0.3, 0.4) is 0 Å². The minimum Gasteiger partial charge on any atom is -0.320 e. The Morgan fingerprint density at radius 3 is 2.38 bits per heavy atom. The molecule has 1 aromatic heterocycles. The number of carbonyl (C=O) groups excluding carboxylic acids is 1. The maximum absolute atomic E-state index is 12.1. The highest BCUT2D eigenvalue weighted by atomic mass is 16.5. The van der Waals surface area contributed by atoms with Gasteiger partial charge in [0.25, 0.3) is 5.91 Å². The predicted octanol–water partition coefficient (Wildman–Crippen LogP) is 2.67. The fraction of sp³-hybridized carbons (Fsp3) is 0.333. The van der Waals surface area contributed by atoms with Gasteiger partial charge >= 0.3 is 0 Å². The summed E-state index contributed by atoms with van der Waals surface area (Å²) < 4.78 is 1.72. The summed E-state index contributed by atoms with van der Waals surface area (Å²) in [6, 6.07) is 6.75. The van der Waals surface area contributed by atoms with Crippen LogP contribution in [0.1, 0.15) is 31.1 Å². The van der Waals surface area contributed by atoms with Crippen molar-refractivity contribution in [3.8, 4) is 0 Å². The van der Waals surface area contributed by atoms with Crippen LogP contribution in [0, 0.1) is 0 Å². The van der Waals surface area contributed by atoms with Gasteiger partial charge in [0.05, 0.1) is 11.2 Å². The zero-order chi connectivity index (χ0) is 15.6. The molecule has 6 heteroatoms. The second-order valence-electron chi connectivity index (χ2n) is 5.85. The minimum absolute atomic E-state index is 0.240. The van der Waals surface area contributed by atoms with Crippen LogP contribution < -0.4 is 10.4 Å². The van der Waals surface area contributed by atoms with Gasteiger partial charge in [0.2, 0.25) is 5.95 Å². The number of nitrogens with zero attached hydrogens (tertiary/aromatic N) is 3. The van der Waals surface area contributed by atoms with Crippen LogP contribution in [0.5, 0.6) is 0 Å². The molecule has 0 radical (unpaired) electrons. The molecule has 0 spiro atoms. The van der Waals surface area contributed by atoms with Gasteiger partial charge in [0, 0.05) is 25.0 Å². The average Bonchev–Trinajstić information content (AvgIpc) is 2.82. The monoisotopic (exact) mass is 288 g/mol. The number of amides is 1. The summed E-state index contributed by atoms with van der Waals surface area (Å²) in [5.74, 6) is 0.249. The number of aromatic nitrogens is 2. The molecule has 6 nitrogen and oxygen atoms in total. The number of imidazole rings is 1. The first kappa shape index (κ1) is 15.1. The first-order chi connectivity index (χ1) is 9.79. The fourth-order valence-corrected chi connectivity index (χ4v) is 1.80. The number of nitrogens with one attached hydrogen (secondary N) is 1. The maximum atomic E-state index is 12.1. The summed E-state index contributed by atoms with van der Waals surface area (Å²) in [5.41, 5.74) is 0.733. The number of benzene rings is 1. The Bertz CT molecular complexity index is 626. The van der Waals surface area contributed by atoms with Gasteiger partial charge in [-0.25, -0.2) is 4.98 Å². The first-order valence-electron chi connectivity index (χ1n) is 6.67. The number of aryl methyl sites for hydroxylation is 1. The highest BCUT2D eigenvalue weighted by molar-refractivity contribution is 6.03. The third-order valence-corrected chi connectivity index (χ3v) is 3.06. The average molecular weight is 288 g/mol. The van der Waals surface area contributed by atoms with Gasteiger partial charge in [0.1, 0.15) is 0 Å². The van der Waals surface area contributed by atoms with Crippen molar-refractivity contribution in [1.82, 2.24) is 9.55 Å². The van der Waals surface area contributed by atoms with Gasteiger partial charge in [-0.15, -0.1) is 0 Å². The summed E-state index contributed by atoms with van der Waals surface area (Å²) in [6.07, 6.45) is 3.37. The lowest BCUT2D eigenvalue weighted by Crippen LogP contribution is -2.38. The van der Waals surface area contributed by atoms with Crippen molar-refractivity contribution in [2.24, 2.45) is 7.05 Å². The maximum Gasteiger partial charge on any atom is 0.257 e. The molecular formula is C15H20N4O2. The Balaban J connectivity index is 2.12. The standard InChI is InChI=1S/C15H20N4O2/c1-15(2,3)19(21)12-7-5-11(6-8-12)13(20)17-14-16-9-10-18(14)4/h5-10,21H,1-4H3,(H,16,17,20). The number of hydroxylamine groups is 1. The molecule has 0 saturated carbocycles. The molecule has 0 unspecified atom stereocenters. The molecule has 1 heterocycles. The van der Waals surface area contributed by atoms with Crippen molar-refractivity contribution in [3.63, 3.8) is 0 Å². The van der Waals surface area contributed by atoms with Crippen LogP contribution in [0.4, 0.5) is 11.6 Å². The van der Waals surface area contributed by atoms with E-state index in [4.69, 9.17) is 0 Å². The highest BCUT2D eigenvalue weighted by Gasteiger charge is 2.20. The minimum atomic E-state index is -0.406. The van der Waals surface area contributed by atoms with Gasteiger partial charge < -0.3 is 4.57 Å². The van der Waals surface area contributed by atoms with Crippen molar-refractivity contribution in [1.29, 1.82) is 0 Å². The lowest BCUT2D eigenvalue weighted by Gasteiger charge is -2.31. The molecule has 112 valence electrons. The predicted molar refractivity (Wildman–Crippen MR) is 81.6 cm³/mol. The fourth-order valence-electron chi connectivity index (χ4n) is 1.80. The topological polar surface area (TPSA) is 70.4 Å². The van der Waals surface area contributed by atoms with Crippen LogP contribution in [-0.2, 0) is 7.05 Å². The quantitative estimate of drug-likeness (QED) is 0.852. The molecular weight excluding hydrogens is 268 g/mol. The molecule has 0 fully saturated rings. The van der Waals surface area contributed by atoms with E-state index in [0.29, 0.717) is 17.2 Å². The molecule has 1 amide bonds. The Kier molecular flexibility index (Phi) is 3.99. The van der Waals surface area contributed by atoms with E-state index in [9.17, 15) is 10.0 Å². The van der Waals surface area contributed by atoms with Crippen LogP contribution in [0.2, 0.25) is 0 Å². The molecule has 0 bridgehead atoms. The smallest absolute Gasteiger partial charge is 0.257 e. The molecule has 1 aromatic carbocycles. The molecule has 0 atom stereocenters. The second-order valence-corrected chi connectivity index (χ2v) is 5.85. The van der Waals surface area contributed by atoms with Crippen LogP contribution in [0.25, 0.3) is 0 Å². The summed E-state index contributed by atoms with van der Waals surface area (Å²) in [7, 11) is 1.80. The van der Waals surface area contributed by atoms with Crippen LogP contribution in [0.15, 0.2) is 36.7 Å². The first-order valence-corrected chi connectivity index (χ1v) is 6.67. The Hall–Kier alpha value is -2.34. The summed E-state index contributed by atoms with van der Waals surface area (Å²) in [4.78, 5) is 16.1. The van der Waals surface area contributed by atoms with Crippen molar-refractivity contribution in [2.75, 3.05) is 10.4 Å². The highest BCUT2D eigenvalue weighted by Crippen LogP contribution is 2.22. The van der Waals surface area contributed by atoms with E-state index in [2.05, 4.69) is 10.3 Å². The molecule has 0 aliphatic carbocycles. The van der Waals surface area contributed by atoms with Gasteiger partial charge in [-0.2, -0.15) is 0 Å². The zero-order valence-electron chi connectivity index (χ0n) is 12.7. The molecule has 0 aliphatic heterocycles. The molecule has 21 heavy (non-hydrogen) atoms. The number of hydrogen-bond donors (Lipinski definition) is 2. The number of anilines is 2. The SMILES string of the molecule is Cn1ccnc1NC(=O)c1ccc(N(O)C(C)(C)C)cc1. The third-order valence-electron chi connectivity index (χ3n) is 3.06. The Morgan fingerprint density at radius 1 is 1.29 bits per heavy atom. The Labute approximate surface area is 124 Å². The van der Waals surface area contributed by atoms with Gasteiger partial charge in [-0.3, -0.25) is 20.4 Å². The number of hydrogen-bond acceptors (Lipinski definition) is 4. The number of carbonyl (C=O) groups is 1. The summed E-state index contributed by atoms with van der Waals surface area (Å²) in [5, 5.41) is 13.9. The molecule has 2 rings (SSSR count).